The number of carbonyl (C=O) groups excluding carboxylic acids is 1. The summed E-state index contributed by atoms with van der Waals surface area (Å²) >= 11 is 0. The Kier molecular flexibility index (Phi) is 4.60. The Morgan fingerprint density at radius 1 is 1.43 bits per heavy atom. The Hall–Kier alpha value is -2.54. The fourth-order valence-corrected chi connectivity index (χ4v) is 2.06. The van der Waals surface area contributed by atoms with Crippen molar-refractivity contribution in [2.45, 2.75) is 26.4 Å². The van der Waals surface area contributed by atoms with Crippen LogP contribution >= 0.6 is 0 Å². The number of hydrogen-bond donors (Lipinski definition) is 2. The Morgan fingerprint density at radius 3 is 2.74 bits per heavy atom. The molecule has 1 aromatic carbocycles. The van der Waals surface area contributed by atoms with E-state index in [0.717, 1.165) is 0 Å². The van der Waals surface area contributed by atoms with Crippen LogP contribution in [0.5, 0.6) is 0 Å². The summed E-state index contributed by atoms with van der Waals surface area (Å²) in [5, 5.41) is 24.2. The molecule has 7 heteroatoms. The van der Waals surface area contributed by atoms with Crippen molar-refractivity contribution in [3.05, 3.63) is 46.1 Å². The van der Waals surface area contributed by atoms with Gasteiger partial charge in [0.2, 0.25) is 0 Å². The van der Waals surface area contributed by atoms with Crippen molar-refractivity contribution in [3.8, 4) is 0 Å². The smallest absolute Gasteiger partial charge is 0.278 e. The van der Waals surface area contributed by atoms with Crippen LogP contribution in [0.2, 0.25) is 0 Å². The number of amides is 1. The van der Waals surface area contributed by atoms with Crippen LogP contribution in [0.1, 0.15) is 31.1 Å². The number of aromatic nitrogens is 1. The highest BCUT2D eigenvalue weighted by atomic mass is 16.6. The van der Waals surface area contributed by atoms with Crippen LogP contribution in [-0.2, 0) is 0 Å². The molecule has 1 unspecified atom stereocenters. The molecular formula is C16H19N3O4. The highest BCUT2D eigenvalue weighted by molar-refractivity contribution is 6.07. The van der Waals surface area contributed by atoms with Gasteiger partial charge in [0, 0.05) is 18.8 Å². The van der Waals surface area contributed by atoms with Gasteiger partial charge in [0.25, 0.3) is 11.6 Å². The predicted molar refractivity (Wildman–Crippen MR) is 86.2 cm³/mol. The lowest BCUT2D eigenvalue weighted by atomic mass is 9.92. The third-order valence-corrected chi connectivity index (χ3v) is 4.04. The number of carbonyl (C=O) groups is 1. The van der Waals surface area contributed by atoms with E-state index in [1.54, 1.807) is 19.1 Å². The molecule has 0 spiro atoms. The van der Waals surface area contributed by atoms with Crippen molar-refractivity contribution in [2.24, 2.45) is 5.92 Å². The normalized spacial score (nSPS) is 13.8. The molecule has 0 radical (unpaired) electrons. The molecule has 2 rings (SSSR count). The van der Waals surface area contributed by atoms with E-state index in [1.165, 1.54) is 18.3 Å². The second kappa shape index (κ2) is 6.29. The van der Waals surface area contributed by atoms with E-state index >= 15 is 0 Å². The predicted octanol–water partition coefficient (Wildman–Crippen LogP) is 2.28. The molecule has 0 aliphatic rings. The fraction of sp³-hybridized carbons (Fsp3) is 0.375. The molecule has 122 valence electrons. The van der Waals surface area contributed by atoms with E-state index in [2.05, 4.69) is 10.3 Å². The zero-order valence-electron chi connectivity index (χ0n) is 13.2. The van der Waals surface area contributed by atoms with Gasteiger partial charge in [-0.05, 0) is 31.0 Å². The summed E-state index contributed by atoms with van der Waals surface area (Å²) in [6.07, 6.45) is 1.48. The molecule has 0 bridgehead atoms. The van der Waals surface area contributed by atoms with Crippen molar-refractivity contribution in [2.75, 3.05) is 6.54 Å². The standard InChI is InChI=1S/C16H19N3O4/c1-10(2)16(3,21)9-18-15(20)12-6-7-13(19(22)23)11-5-4-8-17-14(11)12/h4-8,10,21H,9H2,1-3H3,(H,18,20). The molecule has 1 amide bonds. The lowest BCUT2D eigenvalue weighted by molar-refractivity contribution is -0.383. The largest absolute Gasteiger partial charge is 0.388 e. The summed E-state index contributed by atoms with van der Waals surface area (Å²) in [5.41, 5.74) is -0.632. The van der Waals surface area contributed by atoms with E-state index in [9.17, 15) is 20.0 Å². The first-order chi connectivity index (χ1) is 10.7. The van der Waals surface area contributed by atoms with E-state index < -0.39 is 16.4 Å². The molecule has 0 aliphatic carbocycles. The number of benzene rings is 1. The SMILES string of the molecule is CC(C)C(C)(O)CNC(=O)c1ccc([N+](=O)[O-])c2cccnc12. The molecule has 0 saturated heterocycles. The minimum Gasteiger partial charge on any atom is -0.388 e. The van der Waals surface area contributed by atoms with Crippen LogP contribution in [0.4, 0.5) is 5.69 Å². The van der Waals surface area contributed by atoms with Crippen LogP contribution in [0, 0.1) is 16.0 Å². The zero-order chi connectivity index (χ0) is 17.2. The van der Waals surface area contributed by atoms with Gasteiger partial charge in [-0.2, -0.15) is 0 Å². The monoisotopic (exact) mass is 317 g/mol. The zero-order valence-corrected chi connectivity index (χ0v) is 13.2. The van der Waals surface area contributed by atoms with Crippen molar-refractivity contribution < 1.29 is 14.8 Å². The number of aliphatic hydroxyl groups is 1. The molecule has 0 fully saturated rings. The Balaban J connectivity index is 2.35. The molecule has 1 atom stereocenters. The van der Waals surface area contributed by atoms with Crippen molar-refractivity contribution in [3.63, 3.8) is 0 Å². The second-order valence-corrected chi connectivity index (χ2v) is 5.98. The van der Waals surface area contributed by atoms with Gasteiger partial charge in [-0.3, -0.25) is 19.9 Å². The van der Waals surface area contributed by atoms with E-state index in [1.807, 2.05) is 13.8 Å². The number of pyridine rings is 1. The van der Waals surface area contributed by atoms with Gasteiger partial charge in [0.15, 0.2) is 0 Å². The summed E-state index contributed by atoms with van der Waals surface area (Å²) in [6.45, 7) is 5.43. The van der Waals surface area contributed by atoms with E-state index in [0.29, 0.717) is 5.39 Å². The first kappa shape index (κ1) is 16.8. The Morgan fingerprint density at radius 2 is 2.13 bits per heavy atom. The number of non-ortho nitro benzene ring substituents is 1. The molecule has 1 heterocycles. The quantitative estimate of drug-likeness (QED) is 0.650. The number of rotatable bonds is 5. The number of hydrogen-bond acceptors (Lipinski definition) is 5. The van der Waals surface area contributed by atoms with Gasteiger partial charge in [0.1, 0.15) is 0 Å². The van der Waals surface area contributed by atoms with Gasteiger partial charge < -0.3 is 10.4 Å². The van der Waals surface area contributed by atoms with E-state index in [4.69, 9.17) is 0 Å². The maximum absolute atomic E-state index is 12.4. The van der Waals surface area contributed by atoms with Crippen LogP contribution in [-0.4, -0.2) is 33.1 Å². The number of nitro groups is 1. The first-order valence-electron chi connectivity index (χ1n) is 7.26. The Labute approximate surface area is 133 Å². The summed E-state index contributed by atoms with van der Waals surface area (Å²) in [5.74, 6) is -0.459. The molecule has 0 saturated carbocycles. The summed E-state index contributed by atoms with van der Waals surface area (Å²) in [6, 6.07) is 5.81. The van der Waals surface area contributed by atoms with Gasteiger partial charge in [-0.15, -0.1) is 0 Å². The maximum Gasteiger partial charge on any atom is 0.278 e. The van der Waals surface area contributed by atoms with Crippen molar-refractivity contribution >= 4 is 22.5 Å². The van der Waals surface area contributed by atoms with Gasteiger partial charge in [-0.25, -0.2) is 0 Å². The molecule has 2 aromatic rings. The minimum absolute atomic E-state index is 0.0328. The summed E-state index contributed by atoms with van der Waals surface area (Å²) < 4.78 is 0. The average molecular weight is 317 g/mol. The molecular weight excluding hydrogens is 298 g/mol. The number of fused-ring (bicyclic) bond motifs is 1. The van der Waals surface area contributed by atoms with Gasteiger partial charge in [0.05, 0.1) is 27.0 Å². The first-order valence-corrected chi connectivity index (χ1v) is 7.26. The highest BCUT2D eigenvalue weighted by Gasteiger charge is 2.26. The molecule has 7 nitrogen and oxygen atoms in total. The van der Waals surface area contributed by atoms with Gasteiger partial charge in [-0.1, -0.05) is 13.8 Å². The summed E-state index contributed by atoms with van der Waals surface area (Å²) in [4.78, 5) is 27.0. The van der Waals surface area contributed by atoms with Crippen LogP contribution < -0.4 is 5.32 Å². The average Bonchev–Trinajstić information content (AvgIpc) is 2.51. The second-order valence-electron chi connectivity index (χ2n) is 5.98. The van der Waals surface area contributed by atoms with Gasteiger partial charge >= 0.3 is 0 Å². The number of nitrogens with one attached hydrogen (secondary N) is 1. The molecule has 23 heavy (non-hydrogen) atoms. The van der Waals surface area contributed by atoms with E-state index in [-0.39, 0.29) is 29.2 Å². The lowest BCUT2D eigenvalue weighted by Gasteiger charge is -2.27. The third-order valence-electron chi connectivity index (χ3n) is 4.04. The van der Waals surface area contributed by atoms with Crippen molar-refractivity contribution in [1.29, 1.82) is 0 Å². The Bertz CT molecular complexity index is 756. The van der Waals surface area contributed by atoms with Crippen LogP contribution in [0.3, 0.4) is 0 Å². The topological polar surface area (TPSA) is 105 Å². The number of nitrogens with zero attached hydrogens (tertiary/aromatic N) is 2. The molecule has 1 aromatic heterocycles. The number of nitro benzene ring substituents is 1. The lowest BCUT2D eigenvalue weighted by Crippen LogP contribution is -2.44. The molecule has 0 aliphatic heterocycles. The third kappa shape index (κ3) is 3.45. The fourth-order valence-electron chi connectivity index (χ4n) is 2.06. The molecule has 2 N–H and O–H groups in total. The maximum atomic E-state index is 12.4. The highest BCUT2D eigenvalue weighted by Crippen LogP contribution is 2.26. The van der Waals surface area contributed by atoms with Crippen LogP contribution in [0.25, 0.3) is 10.9 Å². The van der Waals surface area contributed by atoms with Crippen LogP contribution in [0.15, 0.2) is 30.5 Å². The summed E-state index contributed by atoms with van der Waals surface area (Å²) in [7, 11) is 0. The minimum atomic E-state index is -1.04. The van der Waals surface area contributed by atoms with Crippen molar-refractivity contribution in [1.82, 2.24) is 10.3 Å².